The fraction of sp³-hybridized carbons (Fsp3) is 0.333. The fourth-order valence-electron chi connectivity index (χ4n) is 2.67. The van der Waals surface area contributed by atoms with E-state index >= 15 is 0 Å². The zero-order valence-electron chi connectivity index (χ0n) is 12.2. The average molecular weight is 336 g/mol. The highest BCUT2D eigenvalue weighted by atomic mass is 35.5. The number of carbonyl (C=O) groups excluding carboxylic acids is 4. The van der Waals surface area contributed by atoms with E-state index in [9.17, 15) is 19.2 Å². The van der Waals surface area contributed by atoms with Gasteiger partial charge in [0.2, 0.25) is 5.91 Å². The van der Waals surface area contributed by atoms with Gasteiger partial charge < -0.3 is 0 Å². The molecular formula is C15H14ClN3O4. The smallest absolute Gasteiger partial charge is 0.276 e. The second-order valence-corrected chi connectivity index (χ2v) is 5.70. The Bertz CT molecular complexity index is 719. The predicted octanol–water partition coefficient (Wildman–Crippen LogP) is 1.31. The highest BCUT2D eigenvalue weighted by Gasteiger charge is 2.43. The van der Waals surface area contributed by atoms with Gasteiger partial charge in [0, 0.05) is 12.3 Å². The van der Waals surface area contributed by atoms with Crippen LogP contribution in [0.3, 0.4) is 0 Å². The molecule has 0 aliphatic carbocycles. The van der Waals surface area contributed by atoms with Gasteiger partial charge in [0.15, 0.2) is 0 Å². The summed E-state index contributed by atoms with van der Waals surface area (Å²) in [7, 11) is 0. The van der Waals surface area contributed by atoms with Crippen LogP contribution in [0.1, 0.15) is 39.1 Å². The van der Waals surface area contributed by atoms with Crippen LogP contribution in [0.15, 0.2) is 18.2 Å². The monoisotopic (exact) mass is 335 g/mol. The fourth-order valence-corrected chi connectivity index (χ4v) is 2.80. The van der Waals surface area contributed by atoms with Gasteiger partial charge in [-0.25, -0.2) is 9.80 Å². The van der Waals surface area contributed by atoms with E-state index in [-0.39, 0.29) is 24.1 Å². The summed E-state index contributed by atoms with van der Waals surface area (Å²) in [6.45, 7) is -0.00472. The van der Waals surface area contributed by atoms with Crippen molar-refractivity contribution in [2.45, 2.75) is 19.3 Å². The molecule has 0 atom stereocenters. The lowest BCUT2D eigenvalue weighted by atomic mass is 10.0. The number of alkyl halides is 1. The minimum absolute atomic E-state index is 0.00472. The summed E-state index contributed by atoms with van der Waals surface area (Å²) >= 11 is 5.67. The van der Waals surface area contributed by atoms with Gasteiger partial charge in [-0.3, -0.25) is 19.7 Å². The highest BCUT2D eigenvalue weighted by Crippen LogP contribution is 2.26. The molecule has 0 bridgehead atoms. The summed E-state index contributed by atoms with van der Waals surface area (Å²) in [4.78, 5) is 48.0. The second-order valence-electron chi connectivity index (χ2n) is 5.32. The Kier molecular flexibility index (Phi) is 4.04. The van der Waals surface area contributed by atoms with Gasteiger partial charge in [-0.2, -0.15) is 5.01 Å². The van der Waals surface area contributed by atoms with Crippen LogP contribution in [-0.4, -0.2) is 46.2 Å². The number of imide groups is 2. The van der Waals surface area contributed by atoms with Crippen LogP contribution in [-0.2, 0) is 11.2 Å². The molecule has 3 rings (SSSR count). The van der Waals surface area contributed by atoms with Gasteiger partial charge in [0.25, 0.3) is 11.8 Å². The number of amides is 5. The van der Waals surface area contributed by atoms with Gasteiger partial charge in [-0.15, -0.1) is 11.6 Å². The lowest BCUT2D eigenvalue weighted by molar-refractivity contribution is -0.122. The molecule has 1 aromatic carbocycles. The molecule has 0 aromatic heterocycles. The van der Waals surface area contributed by atoms with Crippen molar-refractivity contribution in [2.75, 3.05) is 12.4 Å². The van der Waals surface area contributed by atoms with E-state index in [1.54, 1.807) is 18.2 Å². The van der Waals surface area contributed by atoms with Gasteiger partial charge in [-0.05, 0) is 30.5 Å². The molecule has 0 saturated carbocycles. The topological polar surface area (TPSA) is 86.8 Å². The number of urea groups is 1. The number of nitrogens with one attached hydrogen (secondary N) is 1. The Hall–Kier alpha value is -2.41. The first-order chi connectivity index (χ1) is 11.0. The molecule has 1 saturated heterocycles. The number of halogens is 1. The molecule has 1 N–H and O–H groups in total. The second kappa shape index (κ2) is 6.00. The molecule has 120 valence electrons. The van der Waals surface area contributed by atoms with Gasteiger partial charge in [0.1, 0.15) is 0 Å². The van der Waals surface area contributed by atoms with E-state index in [2.05, 4.69) is 5.32 Å². The van der Waals surface area contributed by atoms with Crippen molar-refractivity contribution in [3.63, 3.8) is 0 Å². The zero-order valence-corrected chi connectivity index (χ0v) is 12.9. The van der Waals surface area contributed by atoms with Crippen LogP contribution < -0.4 is 5.32 Å². The van der Waals surface area contributed by atoms with Crippen molar-refractivity contribution in [1.82, 2.24) is 15.3 Å². The molecule has 1 aromatic rings. The maximum Gasteiger partial charge on any atom is 0.343 e. The van der Waals surface area contributed by atoms with Crippen molar-refractivity contribution in [3.8, 4) is 0 Å². The SMILES string of the molecule is O=C1CCN(N2C(=O)c3ccc(CCCCl)cc3C2=O)C(=O)N1. The largest absolute Gasteiger partial charge is 0.343 e. The highest BCUT2D eigenvalue weighted by molar-refractivity contribution is 6.22. The summed E-state index contributed by atoms with van der Waals surface area (Å²) in [6.07, 6.45) is 1.51. The number of benzene rings is 1. The molecule has 0 radical (unpaired) electrons. The normalized spacial score (nSPS) is 17.6. The van der Waals surface area contributed by atoms with Crippen LogP contribution in [0.4, 0.5) is 4.79 Å². The summed E-state index contributed by atoms with van der Waals surface area (Å²) in [5, 5.41) is 3.88. The van der Waals surface area contributed by atoms with E-state index in [0.717, 1.165) is 22.0 Å². The molecule has 2 aliphatic heterocycles. The molecule has 1 fully saturated rings. The van der Waals surface area contributed by atoms with E-state index in [0.29, 0.717) is 12.3 Å². The zero-order chi connectivity index (χ0) is 16.6. The lowest BCUT2D eigenvalue weighted by Gasteiger charge is -2.32. The average Bonchev–Trinajstić information content (AvgIpc) is 2.77. The van der Waals surface area contributed by atoms with E-state index in [4.69, 9.17) is 11.6 Å². The molecule has 8 heteroatoms. The number of nitrogens with zero attached hydrogens (tertiary/aromatic N) is 2. The van der Waals surface area contributed by atoms with Crippen LogP contribution >= 0.6 is 11.6 Å². The minimum atomic E-state index is -0.766. The van der Waals surface area contributed by atoms with Crippen LogP contribution in [0, 0.1) is 0 Å². The van der Waals surface area contributed by atoms with E-state index in [1.807, 2.05) is 0 Å². The maximum absolute atomic E-state index is 12.5. The number of hydrazine groups is 1. The van der Waals surface area contributed by atoms with Crippen molar-refractivity contribution in [3.05, 3.63) is 34.9 Å². The van der Waals surface area contributed by atoms with Crippen LogP contribution in [0.5, 0.6) is 0 Å². The standard InChI is InChI=1S/C15H14ClN3O4/c16-6-1-2-9-3-4-10-11(8-9)14(22)19(13(10)21)18-7-5-12(20)17-15(18)23/h3-4,8H,1-2,5-7H2,(H,17,20,23). The van der Waals surface area contributed by atoms with Gasteiger partial charge >= 0.3 is 6.03 Å². The van der Waals surface area contributed by atoms with Crippen LogP contribution in [0.2, 0.25) is 0 Å². The third-order valence-corrected chi connectivity index (χ3v) is 4.07. The van der Waals surface area contributed by atoms with Crippen molar-refractivity contribution in [1.29, 1.82) is 0 Å². The predicted molar refractivity (Wildman–Crippen MR) is 80.8 cm³/mol. The van der Waals surface area contributed by atoms with E-state index in [1.165, 1.54) is 0 Å². The number of rotatable bonds is 4. The summed E-state index contributed by atoms with van der Waals surface area (Å²) in [6, 6.07) is 4.26. The van der Waals surface area contributed by atoms with Gasteiger partial charge in [0.05, 0.1) is 17.7 Å². The molecule has 23 heavy (non-hydrogen) atoms. The molecule has 0 spiro atoms. The Balaban J connectivity index is 1.88. The molecule has 2 heterocycles. The molecule has 5 amide bonds. The molecule has 2 aliphatic rings. The number of hydrogen-bond donors (Lipinski definition) is 1. The van der Waals surface area contributed by atoms with Crippen molar-refractivity contribution >= 4 is 35.4 Å². The Morgan fingerprint density at radius 2 is 1.83 bits per heavy atom. The first-order valence-electron chi connectivity index (χ1n) is 7.22. The maximum atomic E-state index is 12.5. The number of carbonyl (C=O) groups is 4. The molecule has 7 nitrogen and oxygen atoms in total. The summed E-state index contributed by atoms with van der Waals surface area (Å²) < 4.78 is 0. The summed E-state index contributed by atoms with van der Waals surface area (Å²) in [5.41, 5.74) is 1.44. The number of fused-ring (bicyclic) bond motifs is 1. The van der Waals surface area contributed by atoms with Gasteiger partial charge in [-0.1, -0.05) is 6.07 Å². The quantitative estimate of drug-likeness (QED) is 0.664. The van der Waals surface area contributed by atoms with Crippen molar-refractivity contribution in [2.24, 2.45) is 0 Å². The first kappa shape index (κ1) is 15.5. The minimum Gasteiger partial charge on any atom is -0.276 e. The number of hydrogen-bond acceptors (Lipinski definition) is 4. The van der Waals surface area contributed by atoms with Crippen LogP contribution in [0.25, 0.3) is 0 Å². The first-order valence-corrected chi connectivity index (χ1v) is 7.75. The Labute approximate surface area is 137 Å². The third-order valence-electron chi connectivity index (χ3n) is 3.80. The van der Waals surface area contributed by atoms with E-state index < -0.39 is 23.8 Å². The van der Waals surface area contributed by atoms with Crippen molar-refractivity contribution < 1.29 is 19.2 Å². The molecule has 0 unspecified atom stereocenters. The number of aryl methyl sites for hydroxylation is 1. The molecular weight excluding hydrogens is 322 g/mol. The Morgan fingerprint density at radius 1 is 1.09 bits per heavy atom. The summed E-state index contributed by atoms with van der Waals surface area (Å²) in [5.74, 6) is -1.02. The Morgan fingerprint density at radius 3 is 2.52 bits per heavy atom. The lowest BCUT2D eigenvalue weighted by Crippen LogP contribution is -2.58. The third kappa shape index (κ3) is 2.68.